The Balaban J connectivity index is 1.95. The molecule has 5 nitrogen and oxygen atoms in total. The molecule has 29 heavy (non-hydrogen) atoms. The first-order valence-corrected chi connectivity index (χ1v) is 10.1. The molecule has 0 bridgehead atoms. The lowest BCUT2D eigenvalue weighted by Crippen LogP contribution is -2.42. The average molecular weight is 425 g/mol. The molecule has 3 aromatic rings. The summed E-state index contributed by atoms with van der Waals surface area (Å²) in [6.45, 7) is 2.51. The third-order valence-corrected chi connectivity index (χ3v) is 6.05. The van der Waals surface area contributed by atoms with Crippen molar-refractivity contribution in [2.75, 3.05) is 0 Å². The number of rotatable bonds is 5. The Morgan fingerprint density at radius 2 is 1.93 bits per heavy atom. The van der Waals surface area contributed by atoms with E-state index in [0.29, 0.717) is 35.5 Å². The van der Waals surface area contributed by atoms with Crippen LogP contribution in [-0.4, -0.2) is 38.1 Å². The standard InChI is InChI=1S/C18H16BF4N3O2S/c1-3-11-7-16-12(6-14(11)20)8-17(26(16)19)15-5-4-13(9-24-15)29(27,28)25-10(2)18(21,22)23/h4-10,25H,3H2,1-2H3/t10-/m0/s1. The number of nitrogens with one attached hydrogen (secondary N) is 1. The topological polar surface area (TPSA) is 64.0 Å². The minimum absolute atomic E-state index is 0.282. The third-order valence-electron chi connectivity index (χ3n) is 4.52. The molecular formula is C18H16BF4N3O2S. The van der Waals surface area contributed by atoms with Crippen molar-refractivity contribution in [2.24, 2.45) is 0 Å². The van der Waals surface area contributed by atoms with Gasteiger partial charge in [-0.15, -0.1) is 0 Å². The molecule has 2 radical (unpaired) electrons. The van der Waals surface area contributed by atoms with Gasteiger partial charge in [0.2, 0.25) is 18.0 Å². The number of benzene rings is 1. The van der Waals surface area contributed by atoms with Crippen molar-refractivity contribution in [1.29, 1.82) is 0 Å². The zero-order chi connectivity index (χ0) is 21.6. The first-order valence-electron chi connectivity index (χ1n) is 8.58. The van der Waals surface area contributed by atoms with Crippen LogP contribution in [0.2, 0.25) is 0 Å². The van der Waals surface area contributed by atoms with E-state index >= 15 is 0 Å². The maximum absolute atomic E-state index is 14.0. The lowest BCUT2D eigenvalue weighted by Gasteiger charge is -2.17. The van der Waals surface area contributed by atoms with Gasteiger partial charge in [-0.25, -0.2) is 12.8 Å². The molecule has 1 atom stereocenters. The van der Waals surface area contributed by atoms with Crippen molar-refractivity contribution in [3.63, 3.8) is 0 Å². The molecule has 0 spiro atoms. The Morgan fingerprint density at radius 1 is 1.24 bits per heavy atom. The molecule has 2 aromatic heterocycles. The summed E-state index contributed by atoms with van der Waals surface area (Å²) >= 11 is 0. The normalized spacial score (nSPS) is 13.7. The number of alkyl halides is 3. The Morgan fingerprint density at radius 3 is 2.48 bits per heavy atom. The van der Waals surface area contributed by atoms with Gasteiger partial charge in [-0.2, -0.15) is 17.9 Å². The van der Waals surface area contributed by atoms with E-state index in [1.54, 1.807) is 16.9 Å². The maximum Gasteiger partial charge on any atom is 0.404 e. The lowest BCUT2D eigenvalue weighted by molar-refractivity contribution is -0.147. The number of sulfonamides is 1. The molecule has 0 saturated heterocycles. The number of hydrogen-bond acceptors (Lipinski definition) is 3. The first-order chi connectivity index (χ1) is 13.4. The van der Waals surface area contributed by atoms with Crippen molar-refractivity contribution < 1.29 is 26.0 Å². The van der Waals surface area contributed by atoms with Crippen molar-refractivity contribution >= 4 is 28.9 Å². The van der Waals surface area contributed by atoms with Gasteiger partial charge in [-0.3, -0.25) is 4.98 Å². The number of fused-ring (bicyclic) bond motifs is 1. The van der Waals surface area contributed by atoms with Gasteiger partial charge in [0, 0.05) is 17.1 Å². The van der Waals surface area contributed by atoms with Gasteiger partial charge >= 0.3 is 6.18 Å². The van der Waals surface area contributed by atoms with Crippen molar-refractivity contribution in [3.8, 4) is 11.4 Å². The highest BCUT2D eigenvalue weighted by atomic mass is 32.2. The third kappa shape index (κ3) is 4.15. The second kappa shape index (κ2) is 7.45. The molecule has 152 valence electrons. The molecule has 2 heterocycles. The summed E-state index contributed by atoms with van der Waals surface area (Å²) in [5.41, 5.74) is 1.74. The molecule has 0 amide bonds. The molecule has 0 saturated carbocycles. The smallest absolute Gasteiger partial charge is 0.396 e. The zero-order valence-electron chi connectivity index (χ0n) is 15.5. The van der Waals surface area contributed by atoms with Crippen LogP contribution in [0.1, 0.15) is 19.4 Å². The van der Waals surface area contributed by atoms with Crippen LogP contribution in [-0.2, 0) is 16.4 Å². The van der Waals surface area contributed by atoms with E-state index in [4.69, 9.17) is 7.98 Å². The van der Waals surface area contributed by atoms with Crippen LogP contribution in [0, 0.1) is 5.82 Å². The Labute approximate surface area is 166 Å². The van der Waals surface area contributed by atoms with Crippen LogP contribution in [0.15, 0.2) is 41.4 Å². The van der Waals surface area contributed by atoms with Crippen LogP contribution in [0.25, 0.3) is 22.3 Å². The van der Waals surface area contributed by atoms with E-state index in [2.05, 4.69) is 4.98 Å². The second-order valence-corrected chi connectivity index (χ2v) is 8.23. The number of aryl methyl sites for hydroxylation is 1. The van der Waals surface area contributed by atoms with E-state index in [1.165, 1.54) is 16.6 Å². The zero-order valence-corrected chi connectivity index (χ0v) is 16.3. The quantitative estimate of drug-likeness (QED) is 0.502. The summed E-state index contributed by atoms with van der Waals surface area (Å²) in [5.74, 6) is -0.364. The van der Waals surface area contributed by atoms with Gasteiger partial charge < -0.3 is 4.48 Å². The van der Waals surface area contributed by atoms with Crippen molar-refractivity contribution in [1.82, 2.24) is 14.2 Å². The van der Waals surface area contributed by atoms with E-state index < -0.39 is 27.1 Å². The monoisotopic (exact) mass is 425 g/mol. The van der Waals surface area contributed by atoms with Gasteiger partial charge in [0.1, 0.15) is 16.8 Å². The molecule has 3 rings (SSSR count). The molecule has 0 aliphatic carbocycles. The predicted molar refractivity (Wildman–Crippen MR) is 101 cm³/mol. The highest BCUT2D eigenvalue weighted by molar-refractivity contribution is 7.89. The highest BCUT2D eigenvalue weighted by Crippen LogP contribution is 2.28. The van der Waals surface area contributed by atoms with Crippen molar-refractivity contribution in [3.05, 3.63) is 47.9 Å². The molecule has 11 heteroatoms. The predicted octanol–water partition coefficient (Wildman–Crippen LogP) is 3.57. The summed E-state index contributed by atoms with van der Waals surface area (Å²) in [6.07, 6.45) is -3.29. The molecule has 0 aliphatic rings. The van der Waals surface area contributed by atoms with Gasteiger partial charge in [0.25, 0.3) is 0 Å². The Bertz CT molecular complexity index is 1160. The number of nitrogens with zero attached hydrogens (tertiary/aromatic N) is 2. The Hall–Kier alpha value is -2.40. The van der Waals surface area contributed by atoms with Crippen LogP contribution in [0.3, 0.4) is 0 Å². The maximum atomic E-state index is 14.0. The fourth-order valence-corrected chi connectivity index (χ4v) is 3.99. The summed E-state index contributed by atoms with van der Waals surface area (Å²) in [4.78, 5) is 3.59. The van der Waals surface area contributed by atoms with Gasteiger partial charge in [-0.1, -0.05) is 6.92 Å². The lowest BCUT2D eigenvalue weighted by atomic mass is 10.1. The SMILES string of the molecule is [B]n1c(-c2ccc(S(=O)(=O)N[C@@H](C)C(F)(F)F)cn2)cc2cc(F)c(CC)cc21. The van der Waals surface area contributed by atoms with E-state index in [9.17, 15) is 26.0 Å². The number of hydrogen-bond donors (Lipinski definition) is 1. The first kappa shape index (κ1) is 21.3. The summed E-state index contributed by atoms with van der Waals surface area (Å²) < 4.78 is 79.0. The van der Waals surface area contributed by atoms with E-state index in [0.717, 1.165) is 12.3 Å². The van der Waals surface area contributed by atoms with Crippen LogP contribution < -0.4 is 4.72 Å². The van der Waals surface area contributed by atoms with Crippen LogP contribution in [0.5, 0.6) is 0 Å². The minimum Gasteiger partial charge on any atom is -0.396 e. The summed E-state index contributed by atoms with van der Waals surface area (Å²) in [5, 5.41) is 0.538. The summed E-state index contributed by atoms with van der Waals surface area (Å²) in [6, 6.07) is 4.77. The fourth-order valence-electron chi connectivity index (χ4n) is 2.82. The van der Waals surface area contributed by atoms with Crippen LogP contribution in [0.4, 0.5) is 17.6 Å². The Kier molecular flexibility index (Phi) is 5.48. The van der Waals surface area contributed by atoms with Crippen LogP contribution >= 0.6 is 0 Å². The van der Waals surface area contributed by atoms with Gasteiger partial charge in [0.15, 0.2) is 0 Å². The molecular weight excluding hydrogens is 409 g/mol. The summed E-state index contributed by atoms with van der Waals surface area (Å²) in [7, 11) is 1.67. The molecule has 0 fully saturated rings. The van der Waals surface area contributed by atoms with Crippen molar-refractivity contribution in [2.45, 2.75) is 37.4 Å². The largest absolute Gasteiger partial charge is 0.404 e. The highest BCUT2D eigenvalue weighted by Gasteiger charge is 2.38. The number of pyridine rings is 1. The molecule has 0 aliphatic heterocycles. The molecule has 0 unspecified atom stereocenters. The van der Waals surface area contributed by atoms with E-state index in [-0.39, 0.29) is 11.5 Å². The second-order valence-electron chi connectivity index (χ2n) is 6.52. The minimum atomic E-state index is -4.71. The molecule has 1 N–H and O–H groups in total. The molecule has 1 aromatic carbocycles. The fraction of sp³-hybridized carbons (Fsp3) is 0.278. The van der Waals surface area contributed by atoms with Gasteiger partial charge in [-0.05, 0) is 49.2 Å². The number of halogens is 4. The average Bonchev–Trinajstić information content (AvgIpc) is 2.95. The van der Waals surface area contributed by atoms with E-state index in [1.807, 2.05) is 6.92 Å². The van der Waals surface area contributed by atoms with Gasteiger partial charge in [0.05, 0.1) is 11.4 Å². The number of aromatic nitrogens is 2.